The minimum atomic E-state index is -2.34. The lowest BCUT2D eigenvalue weighted by Gasteiger charge is -2.15. The number of rotatable bonds is 8. The molecule has 4 aromatic rings. The Morgan fingerprint density at radius 1 is 1.16 bits per heavy atom. The quantitative estimate of drug-likeness (QED) is 0.295. The zero-order valence-corrected chi connectivity index (χ0v) is 19.8. The first-order chi connectivity index (χ1) is 15.4. The number of hydrogen-bond acceptors (Lipinski definition) is 7. The number of aromatic nitrogens is 4. The van der Waals surface area contributed by atoms with Gasteiger partial charge in [-0.2, -0.15) is 10.1 Å². The van der Waals surface area contributed by atoms with Gasteiger partial charge in [0.25, 0.3) is 0 Å². The lowest BCUT2D eigenvalue weighted by molar-refractivity contribution is 0.522. The van der Waals surface area contributed by atoms with Crippen molar-refractivity contribution in [2.24, 2.45) is 0 Å². The Morgan fingerprint density at radius 2 is 1.97 bits per heavy atom. The van der Waals surface area contributed by atoms with E-state index in [1.54, 1.807) is 6.20 Å². The molecule has 9 nitrogen and oxygen atoms in total. The van der Waals surface area contributed by atoms with Crippen molar-refractivity contribution in [1.82, 2.24) is 24.5 Å². The summed E-state index contributed by atoms with van der Waals surface area (Å²) in [6, 6.07) is 13.6. The average Bonchev–Trinajstić information content (AvgIpc) is 3.19. The second-order valence-corrected chi connectivity index (χ2v) is 8.92. The first-order valence-corrected chi connectivity index (χ1v) is 11.7. The van der Waals surface area contributed by atoms with Crippen molar-refractivity contribution in [3.05, 3.63) is 64.9 Å². The molecule has 2 aromatic heterocycles. The van der Waals surface area contributed by atoms with Crippen LogP contribution < -0.4 is 15.4 Å². The van der Waals surface area contributed by atoms with Crippen LogP contribution >= 0.6 is 15.9 Å². The summed E-state index contributed by atoms with van der Waals surface area (Å²) in [5, 5.41) is 12.0. The van der Waals surface area contributed by atoms with Crippen LogP contribution in [0.3, 0.4) is 0 Å². The molecule has 0 fully saturated rings. The third kappa shape index (κ3) is 5.13. The molecule has 0 radical (unpaired) electrons. The van der Waals surface area contributed by atoms with Crippen LogP contribution in [0.1, 0.15) is 25.5 Å². The monoisotopic (exact) mass is 514 g/mol. The summed E-state index contributed by atoms with van der Waals surface area (Å²) in [5.41, 5.74) is 3.38. The molecule has 3 N–H and O–H groups in total. The van der Waals surface area contributed by atoms with Crippen LogP contribution in [0.4, 0.5) is 23.1 Å². The van der Waals surface area contributed by atoms with Crippen molar-refractivity contribution in [2.75, 3.05) is 10.6 Å². The Kier molecular flexibility index (Phi) is 6.80. The Morgan fingerprint density at radius 3 is 2.75 bits per heavy atom. The van der Waals surface area contributed by atoms with Crippen molar-refractivity contribution in [3.8, 4) is 0 Å². The first-order valence-electron chi connectivity index (χ1n) is 9.85. The fourth-order valence-corrected chi connectivity index (χ4v) is 3.80. The lowest BCUT2D eigenvalue weighted by Crippen LogP contribution is -2.16. The Hall–Kier alpha value is -2.86. The molecule has 0 saturated heterocycles. The Bertz CT molecular complexity index is 1280. The Balaban J connectivity index is 1.58. The molecule has 0 amide bonds. The highest BCUT2D eigenvalue weighted by Crippen LogP contribution is 2.28. The van der Waals surface area contributed by atoms with Gasteiger partial charge < -0.3 is 15.2 Å². The molecular formula is C21H21BrN7O2S-. The fraction of sp³-hybridized carbons (Fsp3) is 0.190. The van der Waals surface area contributed by atoms with Crippen LogP contribution in [0.2, 0.25) is 0 Å². The molecule has 32 heavy (non-hydrogen) atoms. The predicted molar refractivity (Wildman–Crippen MR) is 129 cm³/mol. The van der Waals surface area contributed by atoms with Crippen molar-refractivity contribution in [2.45, 2.75) is 26.4 Å². The van der Waals surface area contributed by atoms with E-state index in [-0.39, 0.29) is 12.6 Å². The van der Waals surface area contributed by atoms with E-state index >= 15 is 0 Å². The second-order valence-electron chi connectivity index (χ2n) is 7.31. The van der Waals surface area contributed by atoms with Crippen LogP contribution in [0.15, 0.2) is 59.3 Å². The van der Waals surface area contributed by atoms with Gasteiger partial charge in [-0.05, 0) is 59.6 Å². The molecule has 2 aromatic carbocycles. The highest BCUT2D eigenvalue weighted by molar-refractivity contribution is 9.10. The summed E-state index contributed by atoms with van der Waals surface area (Å²) < 4.78 is 26.8. The van der Waals surface area contributed by atoms with E-state index < -0.39 is 11.3 Å². The molecular weight excluding hydrogens is 494 g/mol. The standard InChI is InChI=1S/C21H22BrN7O2S/c1-13(2)29-19-9-16(8-7-15(19)10-24-29)26-21-23-12-17(22)20(28-21)27-18-6-4-3-5-14(18)11-25-32(30)31/h3-10,12-13,25H,11H2,1-2H3,(H,30,31)(H2,23,26,27,28)/p-1. The third-order valence-corrected chi connectivity index (χ3v) is 5.70. The van der Waals surface area contributed by atoms with Crippen LogP contribution in [-0.2, 0) is 17.8 Å². The zero-order chi connectivity index (χ0) is 22.7. The highest BCUT2D eigenvalue weighted by atomic mass is 79.9. The van der Waals surface area contributed by atoms with Gasteiger partial charge in [-0.3, -0.25) is 8.89 Å². The molecule has 0 spiro atoms. The molecule has 1 unspecified atom stereocenters. The van der Waals surface area contributed by atoms with Crippen LogP contribution in [0.25, 0.3) is 10.9 Å². The minimum absolute atomic E-state index is 0.163. The number of anilines is 4. The molecule has 0 aliphatic rings. The lowest BCUT2D eigenvalue weighted by atomic mass is 10.2. The molecule has 0 saturated carbocycles. The van der Waals surface area contributed by atoms with Gasteiger partial charge in [-0.15, -0.1) is 0 Å². The summed E-state index contributed by atoms with van der Waals surface area (Å²) in [4.78, 5) is 8.94. The zero-order valence-electron chi connectivity index (χ0n) is 17.4. The Labute approximate surface area is 196 Å². The number of fused-ring (bicyclic) bond motifs is 1. The van der Waals surface area contributed by atoms with Gasteiger partial charge in [0.15, 0.2) is 0 Å². The number of hydrogen-bond donors (Lipinski definition) is 3. The average molecular weight is 515 g/mol. The first kappa shape index (κ1) is 22.3. The van der Waals surface area contributed by atoms with Crippen LogP contribution in [-0.4, -0.2) is 28.5 Å². The number of para-hydroxylation sites is 1. The molecule has 166 valence electrons. The highest BCUT2D eigenvalue weighted by Gasteiger charge is 2.11. The third-order valence-electron chi connectivity index (χ3n) is 4.74. The summed E-state index contributed by atoms with van der Waals surface area (Å²) in [6.45, 7) is 4.34. The molecule has 4 rings (SSSR count). The van der Waals surface area contributed by atoms with Gasteiger partial charge in [0, 0.05) is 46.8 Å². The molecule has 0 aliphatic carbocycles. The van der Waals surface area contributed by atoms with E-state index in [1.165, 1.54) is 0 Å². The van der Waals surface area contributed by atoms with Crippen LogP contribution in [0, 0.1) is 0 Å². The van der Waals surface area contributed by atoms with Gasteiger partial charge in [0.1, 0.15) is 5.82 Å². The smallest absolute Gasteiger partial charge is 0.229 e. The maximum Gasteiger partial charge on any atom is 0.229 e. The maximum atomic E-state index is 10.9. The summed E-state index contributed by atoms with van der Waals surface area (Å²) in [5.74, 6) is 0.966. The van der Waals surface area contributed by atoms with Gasteiger partial charge in [-0.25, -0.2) is 9.71 Å². The van der Waals surface area contributed by atoms with Gasteiger partial charge in [0.2, 0.25) is 5.95 Å². The van der Waals surface area contributed by atoms with Crippen LogP contribution in [0.5, 0.6) is 0 Å². The van der Waals surface area contributed by atoms with E-state index in [9.17, 15) is 8.76 Å². The minimum Gasteiger partial charge on any atom is -0.760 e. The summed E-state index contributed by atoms with van der Waals surface area (Å²) >= 11 is 1.13. The predicted octanol–water partition coefficient (Wildman–Crippen LogP) is 4.54. The molecule has 11 heteroatoms. The number of halogens is 1. The molecule has 0 bridgehead atoms. The van der Waals surface area contributed by atoms with Crippen molar-refractivity contribution in [1.29, 1.82) is 0 Å². The van der Waals surface area contributed by atoms with E-state index in [0.29, 0.717) is 16.2 Å². The van der Waals surface area contributed by atoms with E-state index in [4.69, 9.17) is 0 Å². The summed E-state index contributed by atoms with van der Waals surface area (Å²) in [7, 11) is 0. The largest absolute Gasteiger partial charge is 0.760 e. The van der Waals surface area contributed by atoms with Crippen molar-refractivity contribution >= 4 is 61.2 Å². The van der Waals surface area contributed by atoms with E-state index in [1.807, 2.05) is 53.3 Å². The van der Waals surface area contributed by atoms with Gasteiger partial charge in [0.05, 0.1) is 16.2 Å². The number of benzene rings is 2. The van der Waals surface area contributed by atoms with E-state index in [2.05, 4.69) is 60.2 Å². The molecule has 1 atom stereocenters. The maximum absolute atomic E-state index is 10.9. The number of nitrogens with one attached hydrogen (secondary N) is 3. The fourth-order valence-electron chi connectivity index (χ4n) is 3.23. The normalized spacial score (nSPS) is 12.3. The van der Waals surface area contributed by atoms with E-state index in [0.717, 1.165) is 27.8 Å². The molecule has 0 aliphatic heterocycles. The SMILES string of the molecule is CC(C)n1ncc2ccc(Nc3ncc(Br)c(Nc4ccccc4CNS(=O)[O-])n3)cc21. The molecule has 2 heterocycles. The topological polar surface area (TPSA) is 120 Å². The number of nitrogens with zero attached hydrogens (tertiary/aromatic N) is 4. The second kappa shape index (κ2) is 9.74. The van der Waals surface area contributed by atoms with Gasteiger partial charge in [-0.1, -0.05) is 18.2 Å². The van der Waals surface area contributed by atoms with Crippen molar-refractivity contribution in [3.63, 3.8) is 0 Å². The van der Waals surface area contributed by atoms with Gasteiger partial charge >= 0.3 is 0 Å². The summed E-state index contributed by atoms with van der Waals surface area (Å²) in [6.07, 6.45) is 3.51. The van der Waals surface area contributed by atoms with Crippen molar-refractivity contribution < 1.29 is 8.76 Å².